The van der Waals surface area contributed by atoms with Crippen molar-refractivity contribution in [3.63, 3.8) is 0 Å². The summed E-state index contributed by atoms with van der Waals surface area (Å²) >= 11 is 0. The Bertz CT molecular complexity index is 442. The standard InChI is InChI=1S/C17H28N2O4/c1-17(22-9-10-23-17)7-8-18-16(21)13-11-15(20)19(12-13)14-5-3-2-4-6-14/h13-14H,2-12H2,1H3,(H,18,21). The highest BCUT2D eigenvalue weighted by atomic mass is 16.7. The van der Waals surface area contributed by atoms with E-state index in [0.29, 0.717) is 45.2 Å². The lowest BCUT2D eigenvalue weighted by molar-refractivity contribution is -0.147. The molecule has 2 amide bonds. The summed E-state index contributed by atoms with van der Waals surface area (Å²) in [6, 6.07) is 0.355. The van der Waals surface area contributed by atoms with Crippen LogP contribution in [0.4, 0.5) is 0 Å². The smallest absolute Gasteiger partial charge is 0.225 e. The van der Waals surface area contributed by atoms with Crippen molar-refractivity contribution in [1.82, 2.24) is 10.2 Å². The number of nitrogens with zero attached hydrogens (tertiary/aromatic N) is 1. The lowest BCUT2D eigenvalue weighted by atomic mass is 9.94. The van der Waals surface area contributed by atoms with Crippen LogP contribution in [0.25, 0.3) is 0 Å². The molecule has 0 radical (unpaired) electrons. The SMILES string of the molecule is CC1(CCNC(=O)C2CC(=O)N(C3CCCCC3)C2)OCCO1. The molecule has 2 heterocycles. The van der Waals surface area contributed by atoms with Crippen molar-refractivity contribution in [2.45, 2.75) is 63.7 Å². The van der Waals surface area contributed by atoms with Crippen molar-refractivity contribution in [2.24, 2.45) is 5.92 Å². The molecular weight excluding hydrogens is 296 g/mol. The number of ether oxygens (including phenoxy) is 2. The lowest BCUT2D eigenvalue weighted by Crippen LogP contribution is -2.40. The van der Waals surface area contributed by atoms with Gasteiger partial charge in [-0.25, -0.2) is 0 Å². The molecule has 0 bridgehead atoms. The quantitative estimate of drug-likeness (QED) is 0.831. The number of likely N-dealkylation sites (tertiary alicyclic amines) is 1. The summed E-state index contributed by atoms with van der Waals surface area (Å²) in [5.74, 6) is -0.653. The lowest BCUT2D eigenvalue weighted by Gasteiger charge is -2.31. The third-order valence-corrected chi connectivity index (χ3v) is 5.32. The third-order valence-electron chi connectivity index (χ3n) is 5.32. The van der Waals surface area contributed by atoms with Crippen LogP contribution in [-0.4, -0.2) is 54.8 Å². The average Bonchev–Trinajstić information content (AvgIpc) is 3.15. The third kappa shape index (κ3) is 4.04. The van der Waals surface area contributed by atoms with Crippen LogP contribution in [0.5, 0.6) is 0 Å². The van der Waals surface area contributed by atoms with E-state index in [1.165, 1.54) is 19.3 Å². The molecule has 0 aromatic rings. The van der Waals surface area contributed by atoms with E-state index in [9.17, 15) is 9.59 Å². The Morgan fingerprint density at radius 1 is 1.26 bits per heavy atom. The predicted molar refractivity (Wildman–Crippen MR) is 84.6 cm³/mol. The molecule has 6 heteroatoms. The first-order valence-electron chi connectivity index (χ1n) is 8.92. The first kappa shape index (κ1) is 16.7. The van der Waals surface area contributed by atoms with Crippen LogP contribution in [0.2, 0.25) is 0 Å². The molecule has 3 rings (SSSR count). The van der Waals surface area contributed by atoms with Gasteiger partial charge in [0, 0.05) is 32.0 Å². The number of carbonyl (C=O) groups is 2. The average molecular weight is 324 g/mol. The van der Waals surface area contributed by atoms with Gasteiger partial charge in [0.25, 0.3) is 0 Å². The van der Waals surface area contributed by atoms with E-state index in [2.05, 4.69) is 5.32 Å². The van der Waals surface area contributed by atoms with Crippen molar-refractivity contribution in [2.75, 3.05) is 26.3 Å². The molecule has 1 atom stereocenters. The van der Waals surface area contributed by atoms with Gasteiger partial charge in [-0.05, 0) is 19.8 Å². The highest BCUT2D eigenvalue weighted by Gasteiger charge is 2.38. The van der Waals surface area contributed by atoms with Gasteiger partial charge < -0.3 is 19.7 Å². The molecule has 1 aliphatic carbocycles. The molecule has 1 unspecified atom stereocenters. The summed E-state index contributed by atoms with van der Waals surface area (Å²) in [4.78, 5) is 26.5. The van der Waals surface area contributed by atoms with Gasteiger partial charge in [0.15, 0.2) is 5.79 Å². The number of nitrogens with one attached hydrogen (secondary N) is 1. The minimum absolute atomic E-state index is 0.0155. The van der Waals surface area contributed by atoms with Gasteiger partial charge in [-0.15, -0.1) is 0 Å². The first-order valence-corrected chi connectivity index (χ1v) is 8.92. The first-order chi connectivity index (χ1) is 11.1. The van der Waals surface area contributed by atoms with Crippen LogP contribution >= 0.6 is 0 Å². The Labute approximate surface area is 137 Å². The van der Waals surface area contributed by atoms with E-state index in [0.717, 1.165) is 12.8 Å². The van der Waals surface area contributed by atoms with E-state index in [1.807, 2.05) is 11.8 Å². The molecular formula is C17H28N2O4. The normalized spacial score (nSPS) is 28.3. The van der Waals surface area contributed by atoms with Crippen molar-refractivity contribution in [1.29, 1.82) is 0 Å². The van der Waals surface area contributed by atoms with Crippen LogP contribution in [0, 0.1) is 5.92 Å². The molecule has 2 saturated heterocycles. The number of hydrogen-bond acceptors (Lipinski definition) is 4. The van der Waals surface area contributed by atoms with Gasteiger partial charge in [0.2, 0.25) is 11.8 Å². The van der Waals surface area contributed by atoms with E-state index in [-0.39, 0.29) is 17.7 Å². The van der Waals surface area contributed by atoms with Gasteiger partial charge in [-0.3, -0.25) is 9.59 Å². The molecule has 3 fully saturated rings. The van der Waals surface area contributed by atoms with E-state index in [4.69, 9.17) is 9.47 Å². The monoisotopic (exact) mass is 324 g/mol. The largest absolute Gasteiger partial charge is 0.356 e. The van der Waals surface area contributed by atoms with Crippen molar-refractivity contribution in [3.8, 4) is 0 Å². The van der Waals surface area contributed by atoms with Gasteiger partial charge >= 0.3 is 0 Å². The maximum absolute atomic E-state index is 12.3. The fraction of sp³-hybridized carbons (Fsp3) is 0.882. The Morgan fingerprint density at radius 3 is 2.65 bits per heavy atom. The van der Waals surface area contributed by atoms with Gasteiger partial charge in [0.05, 0.1) is 19.1 Å². The molecule has 130 valence electrons. The molecule has 23 heavy (non-hydrogen) atoms. The van der Waals surface area contributed by atoms with Crippen molar-refractivity contribution < 1.29 is 19.1 Å². The molecule has 3 aliphatic rings. The summed E-state index contributed by atoms with van der Waals surface area (Å²) in [6.07, 6.45) is 6.83. The molecule has 2 aliphatic heterocycles. The van der Waals surface area contributed by atoms with E-state index < -0.39 is 5.79 Å². The van der Waals surface area contributed by atoms with E-state index >= 15 is 0 Å². The second-order valence-electron chi connectivity index (χ2n) is 7.11. The summed E-state index contributed by atoms with van der Waals surface area (Å²) in [7, 11) is 0. The second kappa shape index (κ2) is 7.18. The maximum atomic E-state index is 12.3. The van der Waals surface area contributed by atoms with E-state index in [1.54, 1.807) is 0 Å². The zero-order valence-corrected chi connectivity index (χ0v) is 14.0. The van der Waals surface area contributed by atoms with Crippen LogP contribution < -0.4 is 5.32 Å². The number of carbonyl (C=O) groups excluding carboxylic acids is 2. The van der Waals surface area contributed by atoms with Crippen LogP contribution in [0.1, 0.15) is 51.9 Å². The fourth-order valence-corrected chi connectivity index (χ4v) is 3.91. The minimum atomic E-state index is -0.576. The van der Waals surface area contributed by atoms with Gasteiger partial charge in [-0.2, -0.15) is 0 Å². The van der Waals surface area contributed by atoms with Gasteiger partial charge in [-0.1, -0.05) is 19.3 Å². The number of rotatable bonds is 5. The van der Waals surface area contributed by atoms with Gasteiger partial charge in [0.1, 0.15) is 0 Å². The zero-order valence-electron chi connectivity index (χ0n) is 14.0. The Morgan fingerprint density at radius 2 is 1.96 bits per heavy atom. The molecule has 1 saturated carbocycles. The summed E-state index contributed by atoms with van der Waals surface area (Å²) in [6.45, 7) is 4.22. The summed E-state index contributed by atoms with van der Waals surface area (Å²) < 4.78 is 11.1. The van der Waals surface area contributed by atoms with Crippen LogP contribution in [0.15, 0.2) is 0 Å². The Kier molecular flexibility index (Phi) is 5.21. The highest BCUT2D eigenvalue weighted by Crippen LogP contribution is 2.29. The van der Waals surface area contributed by atoms with Crippen LogP contribution in [0.3, 0.4) is 0 Å². The fourth-order valence-electron chi connectivity index (χ4n) is 3.91. The highest BCUT2D eigenvalue weighted by molar-refractivity contribution is 5.89. The summed E-state index contributed by atoms with van der Waals surface area (Å²) in [5.41, 5.74) is 0. The zero-order chi connectivity index (χ0) is 16.3. The molecule has 0 aromatic heterocycles. The molecule has 1 N–H and O–H groups in total. The predicted octanol–water partition coefficient (Wildman–Crippen LogP) is 1.44. The topological polar surface area (TPSA) is 67.9 Å². The molecule has 0 aromatic carbocycles. The number of amides is 2. The minimum Gasteiger partial charge on any atom is -0.356 e. The molecule has 0 spiro atoms. The van der Waals surface area contributed by atoms with Crippen molar-refractivity contribution in [3.05, 3.63) is 0 Å². The maximum Gasteiger partial charge on any atom is 0.225 e. The Balaban J connectivity index is 1.44. The molecule has 6 nitrogen and oxygen atoms in total. The van der Waals surface area contributed by atoms with Crippen molar-refractivity contribution >= 4 is 11.8 Å². The summed E-state index contributed by atoms with van der Waals surface area (Å²) in [5, 5.41) is 2.94. The second-order valence-corrected chi connectivity index (χ2v) is 7.11. The Hall–Kier alpha value is -1.14. The van der Waals surface area contributed by atoms with Crippen LogP contribution in [-0.2, 0) is 19.1 Å². The number of hydrogen-bond donors (Lipinski definition) is 1.